The van der Waals surface area contributed by atoms with Crippen molar-refractivity contribution in [1.82, 2.24) is 0 Å². The van der Waals surface area contributed by atoms with E-state index in [0.717, 1.165) is 0 Å². The number of benzene rings is 1. The van der Waals surface area contributed by atoms with Crippen molar-refractivity contribution < 1.29 is 30.0 Å². The summed E-state index contributed by atoms with van der Waals surface area (Å²) in [5.74, 6) is -0.241. The Hall–Kier alpha value is -1.31. The van der Waals surface area contributed by atoms with Crippen LogP contribution in [0.15, 0.2) is 30.3 Å². The maximum Gasteiger partial charge on any atom is 0.165 e. The van der Waals surface area contributed by atoms with Crippen LogP contribution in [0.2, 0.25) is 0 Å². The van der Waals surface area contributed by atoms with E-state index in [9.17, 15) is 20.1 Å². The zero-order chi connectivity index (χ0) is 14.7. The molecule has 1 aromatic carbocycles. The predicted molar refractivity (Wildman–Crippen MR) is 69.2 cm³/mol. The number of Topliss-reactive ketones (excluding diaryl/α,β-unsaturated/α-hetero) is 1. The Bertz CT molecular complexity index is 446. The maximum atomic E-state index is 12.0. The summed E-state index contributed by atoms with van der Waals surface area (Å²) in [5.41, 5.74) is 0.476. The molecule has 0 amide bonds. The Morgan fingerprint density at radius 2 is 1.60 bits per heavy atom. The first-order valence-electron chi connectivity index (χ1n) is 6.43. The lowest BCUT2D eigenvalue weighted by Gasteiger charge is -2.39. The minimum atomic E-state index is -1.45. The fraction of sp³-hybridized carbons (Fsp3) is 0.500. The van der Waals surface area contributed by atoms with Crippen molar-refractivity contribution in [2.24, 2.45) is 0 Å². The Balaban J connectivity index is 2.06. The van der Waals surface area contributed by atoms with Crippen molar-refractivity contribution in [3.8, 4) is 0 Å². The van der Waals surface area contributed by atoms with Crippen molar-refractivity contribution in [2.75, 3.05) is 6.61 Å². The summed E-state index contributed by atoms with van der Waals surface area (Å²) in [5, 5.41) is 38.2. The van der Waals surface area contributed by atoms with Crippen molar-refractivity contribution >= 4 is 5.78 Å². The fourth-order valence-corrected chi connectivity index (χ4v) is 2.27. The molecule has 2 unspecified atom stereocenters. The zero-order valence-corrected chi connectivity index (χ0v) is 10.8. The Kier molecular flexibility index (Phi) is 4.85. The molecule has 0 bridgehead atoms. The van der Waals surface area contributed by atoms with E-state index >= 15 is 0 Å². The van der Waals surface area contributed by atoms with E-state index in [1.165, 1.54) is 0 Å². The lowest BCUT2D eigenvalue weighted by atomic mass is 9.91. The van der Waals surface area contributed by atoms with Gasteiger partial charge in [0.05, 0.1) is 12.7 Å². The van der Waals surface area contributed by atoms with E-state index < -0.39 is 37.1 Å². The van der Waals surface area contributed by atoms with Gasteiger partial charge < -0.3 is 25.2 Å². The second-order valence-electron chi connectivity index (χ2n) is 4.86. The van der Waals surface area contributed by atoms with Crippen LogP contribution in [0.5, 0.6) is 0 Å². The SMILES string of the molecule is O=C(C[C@@H]1OC(CO)[C@@H](O)C(O)[C@@H]1O)c1ccccc1. The molecule has 1 fully saturated rings. The van der Waals surface area contributed by atoms with E-state index in [1.807, 2.05) is 0 Å². The number of carbonyl (C=O) groups excluding carboxylic acids is 1. The summed E-state index contributed by atoms with van der Waals surface area (Å²) in [6.07, 6.45) is -6.31. The van der Waals surface area contributed by atoms with Crippen LogP contribution in [0.3, 0.4) is 0 Å². The summed E-state index contributed by atoms with van der Waals surface area (Å²) >= 11 is 0. The molecule has 2 rings (SSSR count). The molecule has 6 nitrogen and oxygen atoms in total. The standard InChI is InChI=1S/C14H18O6/c15-7-11-13(18)14(19)12(17)10(20-11)6-9(16)8-4-2-1-3-5-8/h1-5,10-15,17-19H,6-7H2/t10-,11?,12+,13+,14?/m0/s1. The highest BCUT2D eigenvalue weighted by molar-refractivity contribution is 5.96. The lowest BCUT2D eigenvalue weighted by Crippen LogP contribution is -2.58. The highest BCUT2D eigenvalue weighted by Crippen LogP contribution is 2.24. The quantitative estimate of drug-likeness (QED) is 0.533. The topological polar surface area (TPSA) is 107 Å². The van der Waals surface area contributed by atoms with Crippen LogP contribution in [0.4, 0.5) is 0 Å². The number of ether oxygens (including phenoxy) is 1. The molecule has 1 aliphatic rings. The number of ketones is 1. The monoisotopic (exact) mass is 282 g/mol. The van der Waals surface area contributed by atoms with Gasteiger partial charge in [0.25, 0.3) is 0 Å². The third kappa shape index (κ3) is 3.05. The number of hydrogen-bond acceptors (Lipinski definition) is 6. The second-order valence-corrected chi connectivity index (χ2v) is 4.86. The van der Waals surface area contributed by atoms with Gasteiger partial charge in [0.1, 0.15) is 24.4 Å². The average molecular weight is 282 g/mol. The predicted octanol–water partition coefficient (Wildman–Crippen LogP) is -0.898. The van der Waals surface area contributed by atoms with Gasteiger partial charge in [-0.05, 0) is 0 Å². The van der Waals surface area contributed by atoms with Gasteiger partial charge in [0, 0.05) is 12.0 Å². The third-order valence-corrected chi connectivity index (χ3v) is 3.47. The molecule has 1 aliphatic heterocycles. The molecule has 1 aromatic rings. The van der Waals surface area contributed by atoms with Gasteiger partial charge >= 0.3 is 0 Å². The van der Waals surface area contributed by atoms with Gasteiger partial charge in [0.15, 0.2) is 5.78 Å². The van der Waals surface area contributed by atoms with Crippen molar-refractivity contribution in [2.45, 2.75) is 36.9 Å². The molecule has 5 atom stereocenters. The molecule has 20 heavy (non-hydrogen) atoms. The minimum Gasteiger partial charge on any atom is -0.394 e. The van der Waals surface area contributed by atoms with E-state index in [2.05, 4.69) is 0 Å². The van der Waals surface area contributed by atoms with Gasteiger partial charge in [-0.3, -0.25) is 4.79 Å². The molecule has 110 valence electrons. The van der Waals surface area contributed by atoms with Gasteiger partial charge in [-0.1, -0.05) is 30.3 Å². The normalized spacial score (nSPS) is 33.9. The van der Waals surface area contributed by atoms with Crippen LogP contribution in [-0.4, -0.2) is 63.3 Å². The smallest absolute Gasteiger partial charge is 0.165 e. The van der Waals surface area contributed by atoms with Crippen LogP contribution in [0.25, 0.3) is 0 Å². The Morgan fingerprint density at radius 1 is 1.00 bits per heavy atom. The highest BCUT2D eigenvalue weighted by Gasteiger charge is 2.43. The molecule has 1 saturated heterocycles. The molecular weight excluding hydrogens is 264 g/mol. The molecule has 6 heteroatoms. The molecule has 0 radical (unpaired) electrons. The number of aliphatic hydroxyl groups excluding tert-OH is 4. The fourth-order valence-electron chi connectivity index (χ4n) is 2.27. The average Bonchev–Trinajstić information content (AvgIpc) is 2.48. The van der Waals surface area contributed by atoms with Crippen LogP contribution in [0.1, 0.15) is 16.8 Å². The van der Waals surface area contributed by atoms with Crippen molar-refractivity contribution in [3.63, 3.8) is 0 Å². The van der Waals surface area contributed by atoms with Crippen LogP contribution < -0.4 is 0 Å². The summed E-state index contributed by atoms with van der Waals surface area (Å²) < 4.78 is 5.29. The molecule has 0 aliphatic carbocycles. The molecule has 0 aromatic heterocycles. The van der Waals surface area contributed by atoms with Crippen LogP contribution in [0, 0.1) is 0 Å². The van der Waals surface area contributed by atoms with Crippen molar-refractivity contribution in [3.05, 3.63) is 35.9 Å². The Morgan fingerprint density at radius 3 is 2.20 bits per heavy atom. The first-order valence-corrected chi connectivity index (χ1v) is 6.43. The lowest BCUT2D eigenvalue weighted by molar-refractivity contribution is -0.227. The van der Waals surface area contributed by atoms with Crippen LogP contribution in [-0.2, 0) is 4.74 Å². The highest BCUT2D eigenvalue weighted by atomic mass is 16.5. The summed E-state index contributed by atoms with van der Waals surface area (Å²) in [6, 6.07) is 8.52. The molecule has 1 heterocycles. The summed E-state index contributed by atoms with van der Waals surface area (Å²) in [7, 11) is 0. The minimum absolute atomic E-state index is 0.133. The summed E-state index contributed by atoms with van der Waals surface area (Å²) in [4.78, 5) is 12.0. The van der Waals surface area contributed by atoms with Crippen LogP contribution >= 0.6 is 0 Å². The first-order chi connectivity index (χ1) is 9.54. The van der Waals surface area contributed by atoms with E-state index in [4.69, 9.17) is 9.84 Å². The number of rotatable bonds is 4. The van der Waals surface area contributed by atoms with E-state index in [-0.39, 0.29) is 12.2 Å². The maximum absolute atomic E-state index is 12.0. The second kappa shape index (κ2) is 6.43. The van der Waals surface area contributed by atoms with Gasteiger partial charge in [0.2, 0.25) is 0 Å². The van der Waals surface area contributed by atoms with E-state index in [1.54, 1.807) is 30.3 Å². The van der Waals surface area contributed by atoms with Gasteiger partial charge in [-0.25, -0.2) is 0 Å². The zero-order valence-electron chi connectivity index (χ0n) is 10.8. The third-order valence-electron chi connectivity index (χ3n) is 3.47. The number of aliphatic hydroxyl groups is 4. The molecule has 4 N–H and O–H groups in total. The summed E-state index contributed by atoms with van der Waals surface area (Å²) in [6.45, 7) is -0.499. The van der Waals surface area contributed by atoms with Crippen molar-refractivity contribution in [1.29, 1.82) is 0 Å². The molecular formula is C14H18O6. The molecule has 0 spiro atoms. The largest absolute Gasteiger partial charge is 0.394 e. The first kappa shape index (κ1) is 15.1. The number of hydrogen-bond donors (Lipinski definition) is 4. The number of carbonyl (C=O) groups is 1. The molecule has 0 saturated carbocycles. The van der Waals surface area contributed by atoms with Gasteiger partial charge in [-0.2, -0.15) is 0 Å². The Labute approximate surface area is 116 Å². The van der Waals surface area contributed by atoms with Gasteiger partial charge in [-0.15, -0.1) is 0 Å². The van der Waals surface area contributed by atoms with E-state index in [0.29, 0.717) is 5.56 Å².